The minimum atomic E-state index is -1.11. The maximum absolute atomic E-state index is 13.5. The zero-order valence-electron chi connectivity index (χ0n) is 10.9. The quantitative estimate of drug-likeness (QED) is 0.365. The molecule has 0 N–H and O–H groups in total. The molecule has 1 rings (SSSR count). The van der Waals surface area contributed by atoms with E-state index in [1.54, 1.807) is 13.8 Å². The van der Waals surface area contributed by atoms with Crippen LogP contribution in [0, 0.1) is 11.6 Å². The normalized spacial score (nSPS) is 11.6. The van der Waals surface area contributed by atoms with Gasteiger partial charge < -0.3 is 4.74 Å². The number of rotatable bonds is 4. The zero-order valence-corrected chi connectivity index (χ0v) is 10.9. The topological polar surface area (TPSA) is 43.4 Å². The molecular weight excluding hydrogens is 254 g/mol. The van der Waals surface area contributed by atoms with Crippen molar-refractivity contribution in [1.82, 2.24) is 0 Å². The molecule has 0 heterocycles. The number of esters is 1. The van der Waals surface area contributed by atoms with Crippen LogP contribution in [-0.4, -0.2) is 17.9 Å². The van der Waals surface area contributed by atoms with E-state index < -0.39 is 29.5 Å². The van der Waals surface area contributed by atoms with E-state index in [1.165, 1.54) is 12.1 Å². The van der Waals surface area contributed by atoms with Gasteiger partial charge in [-0.05, 0) is 32.9 Å². The summed E-state index contributed by atoms with van der Waals surface area (Å²) in [5, 5.41) is 0. The molecule has 0 aliphatic rings. The fourth-order valence-electron chi connectivity index (χ4n) is 1.37. The average Bonchev–Trinajstić information content (AvgIpc) is 2.29. The smallest absolute Gasteiger partial charge is 0.342 e. The molecule has 3 nitrogen and oxygen atoms in total. The van der Waals surface area contributed by atoms with Crippen molar-refractivity contribution in [1.29, 1.82) is 0 Å². The van der Waals surface area contributed by atoms with Gasteiger partial charge in [0.15, 0.2) is 17.4 Å². The first-order valence-corrected chi connectivity index (χ1v) is 5.70. The van der Waals surface area contributed by atoms with E-state index in [1.807, 2.05) is 0 Å². The Kier molecular flexibility index (Phi) is 4.92. The van der Waals surface area contributed by atoms with Crippen LogP contribution in [0.5, 0.6) is 0 Å². The average molecular weight is 268 g/mol. The van der Waals surface area contributed by atoms with Gasteiger partial charge in [-0.15, -0.1) is 0 Å². The minimum absolute atomic E-state index is 0.175. The predicted molar refractivity (Wildman–Crippen MR) is 66.2 cm³/mol. The van der Waals surface area contributed by atoms with E-state index in [4.69, 9.17) is 4.74 Å². The van der Waals surface area contributed by atoms with E-state index in [0.29, 0.717) is 0 Å². The number of benzene rings is 1. The Morgan fingerprint density at radius 1 is 1.26 bits per heavy atom. The molecule has 0 aliphatic carbocycles. The van der Waals surface area contributed by atoms with Crippen LogP contribution in [0.3, 0.4) is 0 Å². The lowest BCUT2D eigenvalue weighted by atomic mass is 10.1. The summed E-state index contributed by atoms with van der Waals surface area (Å²) in [5.74, 6) is -3.59. The fourth-order valence-corrected chi connectivity index (χ4v) is 1.37. The van der Waals surface area contributed by atoms with Gasteiger partial charge in [-0.2, -0.15) is 0 Å². The number of carbonyl (C=O) groups excluding carboxylic acids is 2. The van der Waals surface area contributed by atoms with Gasteiger partial charge >= 0.3 is 5.97 Å². The SMILES string of the molecule is CC(=O)C(=Cc1cccc(F)c1F)C(=O)OC(C)C. The third-order valence-corrected chi connectivity index (χ3v) is 2.22. The van der Waals surface area contributed by atoms with Gasteiger partial charge in [-0.25, -0.2) is 13.6 Å². The van der Waals surface area contributed by atoms with Crippen molar-refractivity contribution in [2.75, 3.05) is 0 Å². The highest BCUT2D eigenvalue weighted by molar-refractivity contribution is 6.19. The first-order valence-electron chi connectivity index (χ1n) is 5.70. The maximum atomic E-state index is 13.5. The van der Waals surface area contributed by atoms with Crippen molar-refractivity contribution in [3.05, 3.63) is 41.0 Å². The van der Waals surface area contributed by atoms with Crippen LogP contribution in [0.15, 0.2) is 23.8 Å². The summed E-state index contributed by atoms with van der Waals surface area (Å²) in [7, 11) is 0. The largest absolute Gasteiger partial charge is 0.459 e. The number of ether oxygens (including phenoxy) is 1. The number of ketones is 1. The molecule has 0 atom stereocenters. The van der Waals surface area contributed by atoms with E-state index >= 15 is 0 Å². The van der Waals surface area contributed by atoms with Crippen LogP contribution in [0.2, 0.25) is 0 Å². The standard InChI is InChI=1S/C14H14F2O3/c1-8(2)19-14(18)11(9(3)17)7-10-5-4-6-12(15)13(10)16/h4-8H,1-3H3. The molecule has 0 spiro atoms. The molecule has 1 aromatic carbocycles. The molecule has 0 aliphatic heterocycles. The van der Waals surface area contributed by atoms with Crippen LogP contribution in [0.4, 0.5) is 8.78 Å². The molecule has 0 saturated carbocycles. The highest BCUT2D eigenvalue weighted by Crippen LogP contribution is 2.16. The van der Waals surface area contributed by atoms with Crippen LogP contribution < -0.4 is 0 Å². The zero-order chi connectivity index (χ0) is 14.6. The highest BCUT2D eigenvalue weighted by atomic mass is 19.2. The molecule has 0 aromatic heterocycles. The van der Waals surface area contributed by atoms with Crippen LogP contribution in [0.1, 0.15) is 26.3 Å². The number of hydrogen-bond acceptors (Lipinski definition) is 3. The van der Waals surface area contributed by atoms with Gasteiger partial charge in [0, 0.05) is 5.56 Å². The number of carbonyl (C=O) groups is 2. The number of halogens is 2. The van der Waals surface area contributed by atoms with Crippen LogP contribution in [0.25, 0.3) is 6.08 Å². The van der Waals surface area contributed by atoms with Crippen molar-refractivity contribution >= 4 is 17.8 Å². The van der Waals surface area contributed by atoms with Gasteiger partial charge in [-0.3, -0.25) is 4.79 Å². The number of hydrogen-bond donors (Lipinski definition) is 0. The summed E-state index contributed by atoms with van der Waals surface area (Å²) in [6, 6.07) is 3.51. The minimum Gasteiger partial charge on any atom is -0.459 e. The molecule has 0 radical (unpaired) electrons. The summed E-state index contributed by atoms with van der Waals surface area (Å²) in [5.41, 5.74) is -0.496. The Balaban J connectivity index is 3.19. The summed E-state index contributed by atoms with van der Waals surface area (Å²) in [4.78, 5) is 23.1. The van der Waals surface area contributed by atoms with Gasteiger partial charge in [-0.1, -0.05) is 12.1 Å². The lowest BCUT2D eigenvalue weighted by molar-refractivity contribution is -0.143. The fraction of sp³-hybridized carbons (Fsp3) is 0.286. The predicted octanol–water partition coefficient (Wildman–Crippen LogP) is 2.89. The second-order valence-electron chi connectivity index (χ2n) is 4.21. The molecule has 0 unspecified atom stereocenters. The lowest BCUT2D eigenvalue weighted by Gasteiger charge is -2.09. The third kappa shape index (κ3) is 3.98. The van der Waals surface area contributed by atoms with Crippen LogP contribution >= 0.6 is 0 Å². The summed E-state index contributed by atoms with van der Waals surface area (Å²) in [6.07, 6.45) is 0.582. The molecule has 0 saturated heterocycles. The van der Waals surface area contributed by atoms with Gasteiger partial charge in [0.1, 0.15) is 5.57 Å². The Morgan fingerprint density at radius 3 is 2.42 bits per heavy atom. The Hall–Kier alpha value is -2.04. The first-order chi connectivity index (χ1) is 8.82. The van der Waals surface area contributed by atoms with Crippen molar-refractivity contribution in [3.8, 4) is 0 Å². The number of Topliss-reactive ketones (excluding diaryl/α,β-unsaturated/α-hetero) is 1. The van der Waals surface area contributed by atoms with E-state index in [9.17, 15) is 18.4 Å². The van der Waals surface area contributed by atoms with E-state index in [2.05, 4.69) is 0 Å². The van der Waals surface area contributed by atoms with Gasteiger partial charge in [0.2, 0.25) is 0 Å². The molecule has 0 fully saturated rings. The monoisotopic (exact) mass is 268 g/mol. The van der Waals surface area contributed by atoms with Crippen LogP contribution in [-0.2, 0) is 14.3 Å². The highest BCUT2D eigenvalue weighted by Gasteiger charge is 2.18. The summed E-state index contributed by atoms with van der Waals surface area (Å²) >= 11 is 0. The van der Waals surface area contributed by atoms with E-state index in [-0.39, 0.29) is 11.1 Å². The third-order valence-electron chi connectivity index (χ3n) is 2.22. The van der Waals surface area contributed by atoms with Crippen molar-refractivity contribution in [2.24, 2.45) is 0 Å². The van der Waals surface area contributed by atoms with Crippen molar-refractivity contribution < 1.29 is 23.1 Å². The molecule has 102 valence electrons. The second-order valence-corrected chi connectivity index (χ2v) is 4.21. The van der Waals surface area contributed by atoms with Gasteiger partial charge in [0.05, 0.1) is 6.10 Å². The van der Waals surface area contributed by atoms with Crippen molar-refractivity contribution in [3.63, 3.8) is 0 Å². The van der Waals surface area contributed by atoms with E-state index in [0.717, 1.165) is 19.1 Å². The molecule has 19 heavy (non-hydrogen) atoms. The summed E-state index contributed by atoms with van der Waals surface area (Å²) in [6.45, 7) is 4.40. The maximum Gasteiger partial charge on any atom is 0.342 e. The first kappa shape index (κ1) is 15.0. The molecular formula is C14H14F2O3. The molecule has 0 amide bonds. The lowest BCUT2D eigenvalue weighted by Crippen LogP contribution is -2.17. The Bertz CT molecular complexity index is 533. The molecule has 1 aromatic rings. The molecule has 0 bridgehead atoms. The Labute approximate surface area is 109 Å². The second kappa shape index (κ2) is 6.22. The van der Waals surface area contributed by atoms with Crippen molar-refractivity contribution in [2.45, 2.75) is 26.9 Å². The Morgan fingerprint density at radius 2 is 1.89 bits per heavy atom. The summed E-state index contributed by atoms with van der Waals surface area (Å²) < 4.78 is 31.4. The molecule has 5 heteroatoms. The van der Waals surface area contributed by atoms with Gasteiger partial charge in [0.25, 0.3) is 0 Å².